The lowest BCUT2D eigenvalue weighted by Crippen LogP contribution is -2.40. The molecule has 0 amide bonds. The second kappa shape index (κ2) is 4.41. The van der Waals surface area contributed by atoms with Gasteiger partial charge in [-0.15, -0.1) is 0 Å². The Kier molecular flexibility index (Phi) is 2.85. The third kappa shape index (κ3) is 1.84. The molecule has 2 aliphatic rings. The average molecular weight is 256 g/mol. The van der Waals surface area contributed by atoms with E-state index in [4.69, 9.17) is 0 Å². The van der Waals surface area contributed by atoms with Gasteiger partial charge in [-0.05, 0) is 23.8 Å². The van der Waals surface area contributed by atoms with Gasteiger partial charge in [-0.1, -0.05) is 44.2 Å². The van der Waals surface area contributed by atoms with E-state index in [1.54, 1.807) is 6.07 Å². The number of hydrogen-bond donors (Lipinski definition) is 1. The molecule has 0 bridgehead atoms. The second-order valence-electron chi connectivity index (χ2n) is 5.82. The highest BCUT2D eigenvalue weighted by Crippen LogP contribution is 2.47. The van der Waals surface area contributed by atoms with Gasteiger partial charge in [0.05, 0.1) is 5.97 Å². The van der Waals surface area contributed by atoms with Crippen molar-refractivity contribution >= 4 is 11.7 Å². The van der Waals surface area contributed by atoms with E-state index in [9.17, 15) is 9.90 Å². The number of nitrogens with one attached hydrogen (secondary N) is 1. The Morgan fingerprint density at radius 2 is 2.21 bits per heavy atom. The molecule has 0 fully saturated rings. The molecule has 3 rings (SSSR count). The van der Waals surface area contributed by atoms with Crippen LogP contribution in [0.2, 0.25) is 0 Å². The van der Waals surface area contributed by atoms with Gasteiger partial charge in [-0.2, -0.15) is 0 Å². The standard InChI is InChI=1S/C16H19NO2/c1-9(2)14-11-6-3-5-10(11)12-7-4-8-13(16(18)19)15(12)17-14/h3-5,7-11,14,17H,6H2,1-2H3,(H,18,19)/p-1/t10-,11-,14-/m1/s1. The number of carboxylic acids is 1. The first-order chi connectivity index (χ1) is 9.09. The number of benzene rings is 1. The summed E-state index contributed by atoms with van der Waals surface area (Å²) in [6.45, 7) is 4.36. The molecule has 0 saturated carbocycles. The molecule has 1 aliphatic heterocycles. The molecule has 19 heavy (non-hydrogen) atoms. The summed E-state index contributed by atoms with van der Waals surface area (Å²) in [5, 5.41) is 14.7. The van der Waals surface area contributed by atoms with Gasteiger partial charge < -0.3 is 15.2 Å². The first-order valence-corrected chi connectivity index (χ1v) is 6.87. The monoisotopic (exact) mass is 256 g/mol. The van der Waals surface area contributed by atoms with Crippen molar-refractivity contribution < 1.29 is 9.90 Å². The molecule has 1 N–H and O–H groups in total. The predicted octanol–water partition coefficient (Wildman–Crippen LogP) is 2.16. The van der Waals surface area contributed by atoms with Crippen LogP contribution in [0, 0.1) is 11.8 Å². The predicted molar refractivity (Wildman–Crippen MR) is 73.0 cm³/mol. The zero-order chi connectivity index (χ0) is 13.6. The second-order valence-corrected chi connectivity index (χ2v) is 5.82. The molecular formula is C16H18NO2-. The summed E-state index contributed by atoms with van der Waals surface area (Å²) in [7, 11) is 0. The lowest BCUT2D eigenvalue weighted by molar-refractivity contribution is -0.254. The van der Waals surface area contributed by atoms with Crippen LogP contribution in [0.3, 0.4) is 0 Å². The van der Waals surface area contributed by atoms with Crippen LogP contribution < -0.4 is 10.4 Å². The Morgan fingerprint density at radius 1 is 1.42 bits per heavy atom. The molecular weight excluding hydrogens is 238 g/mol. The molecule has 1 aromatic carbocycles. The van der Waals surface area contributed by atoms with Crippen molar-refractivity contribution in [3.8, 4) is 0 Å². The first-order valence-electron chi connectivity index (χ1n) is 6.87. The molecule has 0 saturated heterocycles. The van der Waals surface area contributed by atoms with Crippen LogP contribution in [0.1, 0.15) is 42.1 Å². The number of carbonyl (C=O) groups excluding carboxylic acids is 1. The molecule has 3 heteroatoms. The van der Waals surface area contributed by atoms with Crippen molar-refractivity contribution in [1.82, 2.24) is 0 Å². The topological polar surface area (TPSA) is 52.2 Å². The molecule has 3 nitrogen and oxygen atoms in total. The number of fused-ring (bicyclic) bond motifs is 3. The number of anilines is 1. The van der Waals surface area contributed by atoms with Crippen molar-refractivity contribution in [2.45, 2.75) is 32.2 Å². The summed E-state index contributed by atoms with van der Waals surface area (Å²) in [4.78, 5) is 11.3. The highest BCUT2D eigenvalue weighted by Gasteiger charge is 2.38. The first kappa shape index (κ1) is 12.3. The van der Waals surface area contributed by atoms with Gasteiger partial charge >= 0.3 is 0 Å². The Morgan fingerprint density at radius 3 is 2.89 bits per heavy atom. The summed E-state index contributed by atoms with van der Waals surface area (Å²) in [6.07, 6.45) is 5.50. The van der Waals surface area contributed by atoms with Gasteiger partial charge in [0.15, 0.2) is 0 Å². The normalized spacial score (nSPS) is 27.8. The number of carbonyl (C=O) groups is 1. The summed E-state index contributed by atoms with van der Waals surface area (Å²) in [6, 6.07) is 5.77. The number of rotatable bonds is 2. The summed E-state index contributed by atoms with van der Waals surface area (Å²) in [5.41, 5.74) is 2.13. The van der Waals surface area contributed by atoms with Crippen LogP contribution in [0.4, 0.5) is 5.69 Å². The van der Waals surface area contributed by atoms with Crippen LogP contribution in [0.5, 0.6) is 0 Å². The van der Waals surface area contributed by atoms with E-state index in [1.165, 1.54) is 0 Å². The molecule has 0 spiro atoms. The molecule has 1 heterocycles. The van der Waals surface area contributed by atoms with Gasteiger partial charge in [-0.3, -0.25) is 0 Å². The number of allylic oxidation sites excluding steroid dienone is 2. The Labute approximate surface area is 113 Å². The number of hydrogen-bond acceptors (Lipinski definition) is 3. The van der Waals surface area contributed by atoms with Gasteiger partial charge in [0.2, 0.25) is 0 Å². The van der Waals surface area contributed by atoms with E-state index < -0.39 is 5.97 Å². The van der Waals surface area contributed by atoms with Gasteiger partial charge in [-0.25, -0.2) is 0 Å². The molecule has 3 atom stereocenters. The van der Waals surface area contributed by atoms with Gasteiger partial charge in [0, 0.05) is 23.2 Å². The lowest BCUT2D eigenvalue weighted by Gasteiger charge is -2.40. The molecule has 0 radical (unpaired) electrons. The fourth-order valence-electron chi connectivity index (χ4n) is 3.49. The van der Waals surface area contributed by atoms with Crippen molar-refractivity contribution in [2.24, 2.45) is 11.8 Å². The number of para-hydroxylation sites is 1. The minimum absolute atomic E-state index is 0.280. The summed E-state index contributed by atoms with van der Waals surface area (Å²) < 4.78 is 0. The quantitative estimate of drug-likeness (QED) is 0.825. The Hall–Kier alpha value is -1.77. The fraction of sp³-hybridized carbons (Fsp3) is 0.438. The molecule has 1 aliphatic carbocycles. The fourth-order valence-corrected chi connectivity index (χ4v) is 3.49. The smallest absolute Gasteiger partial charge is 0.0736 e. The van der Waals surface area contributed by atoms with Crippen LogP contribution in [-0.4, -0.2) is 12.0 Å². The van der Waals surface area contributed by atoms with Crippen molar-refractivity contribution in [3.05, 3.63) is 41.5 Å². The summed E-state index contributed by atoms with van der Waals surface area (Å²) >= 11 is 0. The van der Waals surface area contributed by atoms with Crippen molar-refractivity contribution in [1.29, 1.82) is 0 Å². The minimum Gasteiger partial charge on any atom is -0.545 e. The van der Waals surface area contributed by atoms with E-state index >= 15 is 0 Å². The van der Waals surface area contributed by atoms with Crippen LogP contribution in [0.15, 0.2) is 30.4 Å². The lowest BCUT2D eigenvalue weighted by atomic mass is 9.75. The van der Waals surface area contributed by atoms with Crippen molar-refractivity contribution in [2.75, 3.05) is 5.32 Å². The largest absolute Gasteiger partial charge is 0.545 e. The zero-order valence-electron chi connectivity index (χ0n) is 11.2. The van der Waals surface area contributed by atoms with Crippen molar-refractivity contribution in [3.63, 3.8) is 0 Å². The van der Waals surface area contributed by atoms with E-state index in [0.29, 0.717) is 23.8 Å². The maximum Gasteiger partial charge on any atom is 0.0736 e. The third-order valence-corrected chi connectivity index (χ3v) is 4.38. The van der Waals surface area contributed by atoms with Crippen LogP contribution in [0.25, 0.3) is 0 Å². The van der Waals surface area contributed by atoms with Crippen LogP contribution in [-0.2, 0) is 0 Å². The Bertz CT molecular complexity index is 548. The molecule has 0 unspecified atom stereocenters. The highest BCUT2D eigenvalue weighted by atomic mass is 16.4. The Balaban J connectivity index is 2.13. The third-order valence-electron chi connectivity index (χ3n) is 4.38. The molecule has 100 valence electrons. The van der Waals surface area contributed by atoms with E-state index in [-0.39, 0.29) is 5.56 Å². The summed E-state index contributed by atoms with van der Waals surface area (Å²) in [5.74, 6) is 0.232. The molecule has 1 aromatic rings. The number of carboxylic acid groups (broad SMARTS) is 1. The SMILES string of the molecule is CC(C)[C@H]1Nc2c(C(=O)[O-])cccc2[C@@H]2C=CC[C@@H]12. The van der Waals surface area contributed by atoms with Gasteiger partial charge in [0.1, 0.15) is 0 Å². The van der Waals surface area contributed by atoms with Crippen LogP contribution >= 0.6 is 0 Å². The van der Waals surface area contributed by atoms with E-state index in [2.05, 4.69) is 31.3 Å². The number of aromatic carboxylic acids is 1. The maximum absolute atomic E-state index is 11.3. The minimum atomic E-state index is -1.10. The molecule has 0 aromatic heterocycles. The highest BCUT2D eigenvalue weighted by molar-refractivity contribution is 5.94. The van der Waals surface area contributed by atoms with E-state index in [0.717, 1.165) is 17.7 Å². The van der Waals surface area contributed by atoms with E-state index in [1.807, 2.05) is 12.1 Å². The average Bonchev–Trinajstić information content (AvgIpc) is 2.85. The van der Waals surface area contributed by atoms with Gasteiger partial charge in [0.25, 0.3) is 0 Å². The zero-order valence-corrected chi connectivity index (χ0v) is 11.2. The maximum atomic E-state index is 11.3.